The number of H-pyrrole nitrogens is 1. The number of fused-ring (bicyclic) bond motifs is 4. The molecule has 1 heterocycles. The summed E-state index contributed by atoms with van der Waals surface area (Å²) in [4.78, 5) is 80.2. The summed E-state index contributed by atoms with van der Waals surface area (Å²) in [6, 6.07) is 2.15. The maximum atomic E-state index is 13.6. The van der Waals surface area contributed by atoms with Crippen LogP contribution in [0, 0.1) is 10.4 Å². The van der Waals surface area contributed by atoms with E-state index in [1.165, 1.54) is 6.07 Å². The van der Waals surface area contributed by atoms with E-state index < -0.39 is 82.5 Å². The van der Waals surface area contributed by atoms with Crippen LogP contribution in [0.1, 0.15) is 23.2 Å². The molecule has 6 N–H and O–H groups in total. The minimum atomic E-state index is -2.09. The molecule has 1 amide bonds. The molecule has 1 spiro atoms. The maximum Gasteiger partial charge on any atom is 0.260 e. The van der Waals surface area contributed by atoms with Gasteiger partial charge in [-0.25, -0.2) is 5.43 Å². The van der Waals surface area contributed by atoms with Crippen LogP contribution in [-0.4, -0.2) is 53.1 Å². The van der Waals surface area contributed by atoms with Gasteiger partial charge in [0.15, 0.2) is 11.2 Å². The maximum absolute atomic E-state index is 13.6. The van der Waals surface area contributed by atoms with Crippen molar-refractivity contribution in [2.24, 2.45) is 5.10 Å². The first-order chi connectivity index (χ1) is 20.9. The van der Waals surface area contributed by atoms with E-state index in [0.717, 1.165) is 19.4 Å². The van der Waals surface area contributed by atoms with Crippen molar-refractivity contribution >= 4 is 46.0 Å². The predicted octanol–water partition coefficient (Wildman–Crippen LogP) is -2.16. The molecule has 1 atom stereocenters. The lowest BCUT2D eigenvalue weighted by Crippen LogP contribution is -2.51. The number of pyridine rings is 1. The number of amides is 1. The fraction of sp³-hybridized carbons (Fsp3) is 0.207. The van der Waals surface area contributed by atoms with E-state index in [9.17, 15) is 44.1 Å². The number of rotatable bonds is 5. The zero-order valence-corrected chi connectivity index (χ0v) is 23.6. The van der Waals surface area contributed by atoms with Crippen molar-refractivity contribution in [1.29, 1.82) is 0 Å². The molecule has 0 saturated carbocycles. The molecule has 1 aromatic heterocycles. The molecule has 0 saturated heterocycles. The Bertz CT molecular complexity index is 2500. The van der Waals surface area contributed by atoms with Crippen molar-refractivity contribution in [3.8, 4) is 11.5 Å². The predicted molar refractivity (Wildman–Crippen MR) is 158 cm³/mol. The highest BCUT2D eigenvalue weighted by molar-refractivity contribution is 6.37. The number of aromatic hydroxyl groups is 1. The number of aliphatic hydroxyl groups excluding tert-OH is 2. The Kier molecular flexibility index (Phi) is 6.44. The standard InChI is InChI=1S/C29H21ClN4O10/c1-31-8-14(36)34-32-7-9-5-11-15(28(43)33-9)25(40)20-10(21(11)30)3-4-29(20)26(41)18-19(27(29)42)24(39)17-16(23(18)38)12(35)6-13(44-2)22(17)37/h5-7,31,40-42H,3-4,8H2,1-2H3,(H,33,43)(H,34,36)/t29-/m0/s1. The minimum Gasteiger partial charge on any atom is -0.510 e. The average Bonchev–Trinajstić information content (AvgIpc) is 3.49. The molecule has 4 aliphatic carbocycles. The monoisotopic (exact) mass is 620 g/mol. The second-order valence-corrected chi connectivity index (χ2v) is 10.7. The number of aromatic amines is 1. The topological polar surface area (TPSA) is 225 Å². The fourth-order valence-corrected chi connectivity index (χ4v) is 6.59. The van der Waals surface area contributed by atoms with Gasteiger partial charge >= 0.3 is 0 Å². The number of hydrogen-bond acceptors (Lipinski definition) is 12. The molecule has 0 aliphatic heterocycles. The lowest BCUT2D eigenvalue weighted by Gasteiger charge is -2.27. The number of phenols is 1. The summed E-state index contributed by atoms with van der Waals surface area (Å²) in [5.41, 5.74) is -4.94. The summed E-state index contributed by atoms with van der Waals surface area (Å²) in [5, 5.41) is 37.8. The normalized spacial score (nSPS) is 17.2. The Hall–Kier alpha value is -5.34. The Morgan fingerprint density at radius 3 is 2.34 bits per heavy atom. The van der Waals surface area contributed by atoms with Gasteiger partial charge in [0.25, 0.3) is 11.5 Å². The van der Waals surface area contributed by atoms with Crippen molar-refractivity contribution in [3.05, 3.63) is 106 Å². The Labute approximate surface area is 248 Å². The Morgan fingerprint density at radius 2 is 1.70 bits per heavy atom. The number of benzene rings is 1. The molecular formula is C29H21ClN4O10. The number of carbonyl (C=O) groups excluding carboxylic acids is 1. The molecule has 44 heavy (non-hydrogen) atoms. The molecule has 14 nitrogen and oxygen atoms in total. The van der Waals surface area contributed by atoms with Crippen molar-refractivity contribution in [2.45, 2.75) is 18.3 Å². The van der Waals surface area contributed by atoms with Crippen LogP contribution in [0.4, 0.5) is 0 Å². The van der Waals surface area contributed by atoms with Crippen LogP contribution < -0.4 is 53.2 Å². The highest BCUT2D eigenvalue weighted by Crippen LogP contribution is 2.56. The summed E-state index contributed by atoms with van der Waals surface area (Å²) >= 11 is 6.73. The molecule has 6 rings (SSSR count). The number of carbonyl (C=O) groups is 1. The summed E-state index contributed by atoms with van der Waals surface area (Å²) in [7, 11) is 2.67. The quantitative estimate of drug-likeness (QED) is 0.104. The second-order valence-electron chi connectivity index (χ2n) is 10.3. The van der Waals surface area contributed by atoms with Gasteiger partial charge in [0.1, 0.15) is 22.7 Å². The van der Waals surface area contributed by atoms with Gasteiger partial charge < -0.3 is 30.4 Å². The second kappa shape index (κ2) is 9.86. The molecule has 2 aromatic rings. The van der Waals surface area contributed by atoms with Crippen molar-refractivity contribution in [2.75, 3.05) is 20.7 Å². The van der Waals surface area contributed by atoms with Gasteiger partial charge in [-0.2, -0.15) is 5.10 Å². The summed E-state index contributed by atoms with van der Waals surface area (Å²) in [5.74, 6) is -3.28. The smallest absolute Gasteiger partial charge is 0.260 e. The molecular weight excluding hydrogens is 600 g/mol. The molecule has 224 valence electrons. The third kappa shape index (κ3) is 3.61. The van der Waals surface area contributed by atoms with Gasteiger partial charge in [-0.15, -0.1) is 0 Å². The van der Waals surface area contributed by atoms with Gasteiger partial charge in [-0.3, -0.25) is 28.8 Å². The van der Waals surface area contributed by atoms with E-state index in [0.29, 0.717) is 0 Å². The van der Waals surface area contributed by atoms with Crippen LogP contribution in [0.25, 0.3) is 22.3 Å². The summed E-state index contributed by atoms with van der Waals surface area (Å²) in [6.45, 7) is -0.00123. The number of ether oxygens (including phenoxy) is 1. The third-order valence-corrected chi connectivity index (χ3v) is 8.54. The van der Waals surface area contributed by atoms with Crippen LogP contribution in [0.3, 0.4) is 0 Å². The number of likely N-dealkylation sites (N-methyl/N-ethyl adjacent to an activating group) is 1. The third-order valence-electron chi connectivity index (χ3n) is 8.11. The minimum absolute atomic E-state index is 0.00123. The fourth-order valence-electron chi connectivity index (χ4n) is 6.26. The summed E-state index contributed by atoms with van der Waals surface area (Å²) in [6.07, 6.45) is 0.962. The van der Waals surface area contributed by atoms with Gasteiger partial charge in [0.2, 0.25) is 16.3 Å². The van der Waals surface area contributed by atoms with E-state index >= 15 is 0 Å². The zero-order valence-electron chi connectivity index (χ0n) is 22.9. The molecule has 0 fully saturated rings. The zero-order chi connectivity index (χ0) is 31.8. The van der Waals surface area contributed by atoms with E-state index in [2.05, 4.69) is 20.8 Å². The van der Waals surface area contributed by atoms with E-state index in [1.54, 1.807) is 7.05 Å². The van der Waals surface area contributed by atoms with Crippen LogP contribution in [0.5, 0.6) is 11.5 Å². The number of methoxy groups -OCH3 is 1. The summed E-state index contributed by atoms with van der Waals surface area (Å²) < 4.78 is 4.88. The van der Waals surface area contributed by atoms with Crippen LogP contribution in [-0.2, 0) is 16.6 Å². The highest BCUT2D eigenvalue weighted by Gasteiger charge is 2.53. The first-order valence-electron chi connectivity index (χ1n) is 13.0. The van der Waals surface area contributed by atoms with Gasteiger partial charge in [-0.05, 0) is 31.5 Å². The highest BCUT2D eigenvalue weighted by atomic mass is 35.5. The molecule has 4 aliphatic rings. The lowest BCUT2D eigenvalue weighted by molar-refractivity contribution is -0.120. The van der Waals surface area contributed by atoms with Gasteiger partial charge in [0.05, 0.1) is 56.8 Å². The van der Waals surface area contributed by atoms with Crippen molar-refractivity contribution in [1.82, 2.24) is 15.7 Å². The number of halogens is 1. The van der Waals surface area contributed by atoms with E-state index in [-0.39, 0.29) is 52.0 Å². The Morgan fingerprint density at radius 1 is 1.05 bits per heavy atom. The van der Waals surface area contributed by atoms with Crippen LogP contribution >= 0.6 is 11.6 Å². The van der Waals surface area contributed by atoms with Crippen molar-refractivity contribution < 1.29 is 24.9 Å². The number of aliphatic hydroxyl groups is 2. The first kappa shape index (κ1) is 28.8. The Balaban J connectivity index is 1.66. The number of nitrogens with one attached hydrogen (secondary N) is 3. The lowest BCUT2D eigenvalue weighted by atomic mass is 9.78. The SMILES string of the molecule is CNCC(=O)NN=Cc1cc2c(Cl)c3c(c(O)c2c(=O)[nH]1)[C@@]1(CC3)C(O)=c2c(=O)c3c(=O)cc(OC)c(=O)c=3c(=O)c2=C1O. The molecule has 0 bridgehead atoms. The largest absolute Gasteiger partial charge is 0.510 e. The number of hydrazone groups is 1. The average molecular weight is 621 g/mol. The first-order valence-corrected chi connectivity index (χ1v) is 13.4. The number of phenolic OH excluding ortho intramolecular Hbond substituents is 1. The van der Waals surface area contributed by atoms with Crippen LogP contribution in [0.2, 0.25) is 5.02 Å². The van der Waals surface area contributed by atoms with Gasteiger partial charge in [0, 0.05) is 17.0 Å². The number of hydrogen-bond donors (Lipinski definition) is 6. The van der Waals surface area contributed by atoms with Gasteiger partial charge in [-0.1, -0.05) is 11.6 Å². The van der Waals surface area contributed by atoms with E-state index in [4.69, 9.17) is 16.3 Å². The van der Waals surface area contributed by atoms with Crippen LogP contribution in [0.15, 0.2) is 41.2 Å². The molecule has 0 unspecified atom stereocenters. The molecule has 15 heteroatoms. The van der Waals surface area contributed by atoms with E-state index in [1.807, 2.05) is 0 Å². The molecule has 1 aromatic carbocycles. The number of aromatic nitrogens is 1. The molecule has 0 radical (unpaired) electrons. The van der Waals surface area contributed by atoms with Crippen molar-refractivity contribution in [3.63, 3.8) is 0 Å². The number of nitrogens with zero attached hydrogens (tertiary/aromatic N) is 1.